The third-order valence-electron chi connectivity index (χ3n) is 6.34. The van der Waals surface area contributed by atoms with Gasteiger partial charge in [-0.1, -0.05) is 38.8 Å². The van der Waals surface area contributed by atoms with Crippen molar-refractivity contribution in [2.45, 2.75) is 92.9 Å². The highest BCUT2D eigenvalue weighted by Gasteiger charge is 2.37. The van der Waals surface area contributed by atoms with Crippen LogP contribution in [0.5, 0.6) is 0 Å². The third-order valence-corrected chi connectivity index (χ3v) is 6.34. The molecule has 0 aliphatic heterocycles. The molecule has 5 heteroatoms. The van der Waals surface area contributed by atoms with Gasteiger partial charge in [0, 0.05) is 25.7 Å². The summed E-state index contributed by atoms with van der Waals surface area (Å²) in [5.41, 5.74) is 2.24. The van der Waals surface area contributed by atoms with Gasteiger partial charge < -0.3 is 5.32 Å². The number of ketones is 4. The van der Waals surface area contributed by atoms with E-state index in [4.69, 9.17) is 0 Å². The van der Waals surface area contributed by atoms with Crippen LogP contribution < -0.4 is 5.32 Å². The highest BCUT2D eigenvalue weighted by atomic mass is 16.2. The molecule has 0 aromatic heterocycles. The van der Waals surface area contributed by atoms with Gasteiger partial charge >= 0.3 is 0 Å². The van der Waals surface area contributed by atoms with E-state index in [1.54, 1.807) is 0 Å². The van der Waals surface area contributed by atoms with E-state index in [2.05, 4.69) is 5.32 Å². The average molecular weight is 430 g/mol. The molecule has 0 aromatic rings. The Bertz CT molecular complexity index is 714. The summed E-state index contributed by atoms with van der Waals surface area (Å²) in [6.45, 7) is 13.3. The van der Waals surface area contributed by atoms with Crippen LogP contribution in [-0.2, 0) is 19.2 Å². The zero-order valence-corrected chi connectivity index (χ0v) is 20.2. The molecule has 0 amide bonds. The second kappa shape index (κ2) is 10.2. The van der Waals surface area contributed by atoms with E-state index in [1.807, 2.05) is 41.5 Å². The van der Waals surface area contributed by atoms with Crippen molar-refractivity contribution in [3.63, 3.8) is 0 Å². The molecular formula is C26H39NO4. The Morgan fingerprint density at radius 3 is 1.23 bits per heavy atom. The Morgan fingerprint density at radius 2 is 0.935 bits per heavy atom. The molecule has 0 unspecified atom stereocenters. The first kappa shape index (κ1) is 25.4. The van der Waals surface area contributed by atoms with Crippen molar-refractivity contribution in [3.05, 3.63) is 22.3 Å². The SMILES string of the molecule is CC(CCCNCCCC(C)=C1C(=O)CC(C)(C)CC1=O)=C1C(=O)CC(C)(C)CC1=O. The fourth-order valence-corrected chi connectivity index (χ4v) is 4.81. The first-order chi connectivity index (χ1) is 14.3. The molecule has 0 spiro atoms. The normalized spacial score (nSPS) is 21.0. The summed E-state index contributed by atoms with van der Waals surface area (Å²) >= 11 is 0. The molecule has 0 aromatic carbocycles. The zero-order chi connectivity index (χ0) is 23.4. The molecule has 0 saturated heterocycles. The van der Waals surface area contributed by atoms with Crippen molar-refractivity contribution >= 4 is 23.1 Å². The fraction of sp³-hybridized carbons (Fsp3) is 0.692. The standard InChI is InChI=1S/C26H39NO4/c1-17(23-19(28)13-25(3,4)14-20(23)29)9-7-11-27-12-8-10-18(2)24-21(30)15-26(5,6)16-22(24)31/h27H,7-16H2,1-6H3. The molecule has 0 bridgehead atoms. The number of hydrogen-bond donors (Lipinski definition) is 1. The predicted molar refractivity (Wildman–Crippen MR) is 123 cm³/mol. The van der Waals surface area contributed by atoms with E-state index in [0.717, 1.165) is 49.9 Å². The first-order valence-corrected chi connectivity index (χ1v) is 11.6. The maximum absolute atomic E-state index is 12.4. The zero-order valence-electron chi connectivity index (χ0n) is 20.2. The minimum atomic E-state index is -0.226. The van der Waals surface area contributed by atoms with Crippen LogP contribution in [0, 0.1) is 10.8 Å². The molecule has 2 rings (SSSR count). The van der Waals surface area contributed by atoms with Crippen LogP contribution in [0.4, 0.5) is 0 Å². The van der Waals surface area contributed by atoms with E-state index in [1.165, 1.54) is 0 Å². The Morgan fingerprint density at radius 1 is 0.645 bits per heavy atom. The molecule has 2 aliphatic carbocycles. The highest BCUT2D eigenvalue weighted by molar-refractivity contribution is 6.23. The predicted octanol–water partition coefficient (Wildman–Crippen LogP) is 4.69. The number of nitrogens with one attached hydrogen (secondary N) is 1. The molecule has 31 heavy (non-hydrogen) atoms. The van der Waals surface area contributed by atoms with E-state index in [-0.39, 0.29) is 34.0 Å². The van der Waals surface area contributed by atoms with Crippen LogP contribution in [-0.4, -0.2) is 36.2 Å². The van der Waals surface area contributed by atoms with Crippen molar-refractivity contribution < 1.29 is 19.2 Å². The molecule has 0 atom stereocenters. The van der Waals surface area contributed by atoms with Gasteiger partial charge in [-0.25, -0.2) is 0 Å². The second-order valence-corrected chi connectivity index (χ2v) is 11.0. The number of carbonyl (C=O) groups excluding carboxylic acids is 4. The molecule has 2 aliphatic rings. The van der Waals surface area contributed by atoms with Gasteiger partial charge in [-0.3, -0.25) is 19.2 Å². The van der Waals surface area contributed by atoms with Crippen molar-refractivity contribution in [1.82, 2.24) is 5.32 Å². The van der Waals surface area contributed by atoms with E-state index < -0.39 is 0 Å². The Balaban J connectivity index is 1.73. The molecule has 172 valence electrons. The van der Waals surface area contributed by atoms with Crippen molar-refractivity contribution in [2.24, 2.45) is 10.8 Å². The smallest absolute Gasteiger partial charge is 0.166 e. The van der Waals surface area contributed by atoms with Crippen LogP contribution >= 0.6 is 0 Å². The lowest BCUT2D eigenvalue weighted by Crippen LogP contribution is -2.32. The summed E-state index contributed by atoms with van der Waals surface area (Å²) in [5, 5.41) is 3.39. The molecule has 0 heterocycles. The number of allylic oxidation sites excluding steroid dienone is 4. The third kappa shape index (κ3) is 7.06. The first-order valence-electron chi connectivity index (χ1n) is 11.6. The van der Waals surface area contributed by atoms with Gasteiger partial charge in [-0.15, -0.1) is 0 Å². The summed E-state index contributed by atoms with van der Waals surface area (Å²) in [6, 6.07) is 0. The Kier molecular flexibility index (Phi) is 8.32. The second-order valence-electron chi connectivity index (χ2n) is 11.0. The quantitative estimate of drug-likeness (QED) is 0.344. The van der Waals surface area contributed by atoms with Crippen molar-refractivity contribution in [1.29, 1.82) is 0 Å². The van der Waals surface area contributed by atoms with E-state index >= 15 is 0 Å². The van der Waals surface area contributed by atoms with Gasteiger partial charge in [0.2, 0.25) is 0 Å². The van der Waals surface area contributed by atoms with Crippen LogP contribution in [0.3, 0.4) is 0 Å². The maximum atomic E-state index is 12.4. The lowest BCUT2D eigenvalue weighted by atomic mass is 9.73. The number of Topliss-reactive ketones (excluding diaryl/α,β-unsaturated/α-hetero) is 4. The van der Waals surface area contributed by atoms with Crippen LogP contribution in [0.1, 0.15) is 92.9 Å². The van der Waals surface area contributed by atoms with Crippen LogP contribution in [0.15, 0.2) is 22.3 Å². The largest absolute Gasteiger partial charge is 0.317 e. The topological polar surface area (TPSA) is 80.3 Å². The van der Waals surface area contributed by atoms with Gasteiger partial charge in [-0.05, 0) is 63.5 Å². The number of hydrogen-bond acceptors (Lipinski definition) is 5. The van der Waals surface area contributed by atoms with Gasteiger partial charge in [0.05, 0.1) is 11.1 Å². The molecule has 0 radical (unpaired) electrons. The van der Waals surface area contributed by atoms with Gasteiger partial charge in [0.25, 0.3) is 0 Å². The van der Waals surface area contributed by atoms with Crippen molar-refractivity contribution in [2.75, 3.05) is 13.1 Å². The van der Waals surface area contributed by atoms with Crippen LogP contribution in [0.25, 0.3) is 0 Å². The number of carbonyl (C=O) groups is 4. The lowest BCUT2D eigenvalue weighted by molar-refractivity contribution is -0.129. The highest BCUT2D eigenvalue weighted by Crippen LogP contribution is 2.36. The van der Waals surface area contributed by atoms with Gasteiger partial charge in [-0.2, -0.15) is 0 Å². The summed E-state index contributed by atoms with van der Waals surface area (Å²) in [6.07, 6.45) is 4.99. The summed E-state index contributed by atoms with van der Waals surface area (Å²) in [7, 11) is 0. The minimum absolute atomic E-state index is 0.00887. The van der Waals surface area contributed by atoms with Gasteiger partial charge in [0.15, 0.2) is 23.1 Å². The monoisotopic (exact) mass is 429 g/mol. The Hall–Kier alpha value is -1.88. The van der Waals surface area contributed by atoms with E-state index in [0.29, 0.717) is 36.8 Å². The minimum Gasteiger partial charge on any atom is -0.317 e. The molecule has 2 saturated carbocycles. The molecular weight excluding hydrogens is 390 g/mol. The van der Waals surface area contributed by atoms with Crippen molar-refractivity contribution in [3.8, 4) is 0 Å². The average Bonchev–Trinajstić information content (AvgIpc) is 2.57. The number of rotatable bonds is 8. The lowest BCUT2D eigenvalue weighted by Gasteiger charge is -2.29. The molecule has 5 nitrogen and oxygen atoms in total. The Labute approximate surface area is 187 Å². The molecule has 2 fully saturated rings. The van der Waals surface area contributed by atoms with E-state index in [9.17, 15) is 19.2 Å². The summed E-state index contributed by atoms with van der Waals surface area (Å²) in [5.74, 6) is -0.0355. The summed E-state index contributed by atoms with van der Waals surface area (Å²) in [4.78, 5) is 49.5. The maximum Gasteiger partial charge on any atom is 0.166 e. The fourth-order valence-electron chi connectivity index (χ4n) is 4.81. The van der Waals surface area contributed by atoms with Crippen LogP contribution in [0.2, 0.25) is 0 Å². The van der Waals surface area contributed by atoms with Gasteiger partial charge in [0.1, 0.15) is 0 Å². The summed E-state index contributed by atoms with van der Waals surface area (Å²) < 4.78 is 0. The molecule has 1 N–H and O–H groups in total.